The molecule has 2 heterocycles. The number of fused-ring (bicyclic) bond motifs is 1. The van der Waals surface area contributed by atoms with Gasteiger partial charge in [-0.3, -0.25) is 9.59 Å². The highest BCUT2D eigenvalue weighted by atomic mass is 16.5. The van der Waals surface area contributed by atoms with E-state index in [0.717, 1.165) is 16.7 Å². The molecule has 6 heteroatoms. The Bertz CT molecular complexity index is 1080. The molecule has 0 aromatic heterocycles. The van der Waals surface area contributed by atoms with Crippen molar-refractivity contribution >= 4 is 17.8 Å². The first-order valence-corrected chi connectivity index (χ1v) is 10.9. The van der Waals surface area contributed by atoms with Gasteiger partial charge < -0.3 is 19.1 Å². The maximum absolute atomic E-state index is 12.9. The van der Waals surface area contributed by atoms with E-state index in [-0.39, 0.29) is 11.7 Å². The molecule has 0 saturated carbocycles. The van der Waals surface area contributed by atoms with Gasteiger partial charge >= 0.3 is 0 Å². The number of piperidine rings is 1. The molecule has 1 amide bonds. The maximum atomic E-state index is 12.9. The Labute approximate surface area is 188 Å². The molecule has 0 radical (unpaired) electrons. The Morgan fingerprint density at radius 1 is 1.09 bits per heavy atom. The zero-order valence-corrected chi connectivity index (χ0v) is 19.1. The monoisotopic (exact) mass is 435 g/mol. The molecular formula is C26H29NO5. The molecule has 1 spiro atoms. The smallest absolute Gasteiger partial charge is 0.246 e. The number of Topliss-reactive ketones (excluding diaryl/α,β-unsaturated/α-hetero) is 1. The Morgan fingerprint density at radius 3 is 2.53 bits per heavy atom. The normalized spacial score (nSPS) is 17.2. The van der Waals surface area contributed by atoms with Crippen LogP contribution in [-0.2, 0) is 4.79 Å². The van der Waals surface area contributed by atoms with Crippen LogP contribution in [0.1, 0.15) is 46.3 Å². The minimum atomic E-state index is -0.524. The third-order valence-corrected chi connectivity index (χ3v) is 6.36. The Balaban J connectivity index is 1.43. The van der Waals surface area contributed by atoms with Crippen LogP contribution in [0.4, 0.5) is 0 Å². The summed E-state index contributed by atoms with van der Waals surface area (Å²) in [5.41, 5.74) is 3.03. The molecule has 0 bridgehead atoms. The number of amides is 1. The molecule has 168 valence electrons. The van der Waals surface area contributed by atoms with Crippen molar-refractivity contribution < 1.29 is 23.8 Å². The van der Waals surface area contributed by atoms with E-state index in [1.807, 2.05) is 43.0 Å². The van der Waals surface area contributed by atoms with Crippen LogP contribution in [0.15, 0.2) is 36.4 Å². The molecule has 0 N–H and O–H groups in total. The summed E-state index contributed by atoms with van der Waals surface area (Å²) >= 11 is 0. The summed E-state index contributed by atoms with van der Waals surface area (Å²) in [5.74, 6) is 2.09. The minimum Gasteiger partial charge on any atom is -0.497 e. The summed E-state index contributed by atoms with van der Waals surface area (Å²) < 4.78 is 17.0. The Kier molecular flexibility index (Phi) is 5.96. The number of nitrogens with zero attached hydrogens (tertiary/aromatic N) is 1. The van der Waals surface area contributed by atoms with Gasteiger partial charge in [0.2, 0.25) is 5.91 Å². The second-order valence-electron chi connectivity index (χ2n) is 8.61. The van der Waals surface area contributed by atoms with Crippen LogP contribution < -0.4 is 14.2 Å². The summed E-state index contributed by atoms with van der Waals surface area (Å²) in [6.45, 7) is 5.07. The number of ketones is 1. The second kappa shape index (κ2) is 8.69. The van der Waals surface area contributed by atoms with E-state index in [1.54, 1.807) is 32.4 Å². The van der Waals surface area contributed by atoms with Crippen LogP contribution in [0, 0.1) is 13.8 Å². The van der Waals surface area contributed by atoms with E-state index in [0.29, 0.717) is 55.2 Å². The maximum Gasteiger partial charge on any atom is 0.246 e. The Morgan fingerprint density at radius 2 is 1.84 bits per heavy atom. The topological polar surface area (TPSA) is 65.1 Å². The van der Waals surface area contributed by atoms with Crippen LogP contribution in [0.5, 0.6) is 17.2 Å². The molecule has 0 atom stereocenters. The number of rotatable bonds is 4. The van der Waals surface area contributed by atoms with Crippen molar-refractivity contribution in [3.05, 3.63) is 58.7 Å². The fraction of sp³-hybridized carbons (Fsp3) is 0.385. The molecule has 4 rings (SSSR count). The number of methoxy groups -OCH3 is 2. The van der Waals surface area contributed by atoms with Gasteiger partial charge in [-0.25, -0.2) is 0 Å². The number of hydrogen-bond acceptors (Lipinski definition) is 5. The van der Waals surface area contributed by atoms with Gasteiger partial charge in [-0.15, -0.1) is 0 Å². The molecule has 6 nitrogen and oxygen atoms in total. The summed E-state index contributed by atoms with van der Waals surface area (Å²) in [6, 6.07) is 9.44. The van der Waals surface area contributed by atoms with Crippen LogP contribution in [0.2, 0.25) is 0 Å². The van der Waals surface area contributed by atoms with Crippen molar-refractivity contribution in [2.45, 2.75) is 38.7 Å². The van der Waals surface area contributed by atoms with E-state index in [2.05, 4.69) is 0 Å². The lowest BCUT2D eigenvalue weighted by Crippen LogP contribution is -2.52. The highest BCUT2D eigenvalue weighted by molar-refractivity contribution is 6.02. The molecule has 1 saturated heterocycles. The molecule has 2 aliphatic rings. The zero-order chi connectivity index (χ0) is 22.9. The molecule has 32 heavy (non-hydrogen) atoms. The fourth-order valence-electron chi connectivity index (χ4n) is 4.65. The zero-order valence-electron chi connectivity index (χ0n) is 19.1. The quantitative estimate of drug-likeness (QED) is 0.668. The fourth-order valence-corrected chi connectivity index (χ4v) is 4.65. The van der Waals surface area contributed by atoms with Crippen molar-refractivity contribution in [1.29, 1.82) is 0 Å². The molecule has 2 aliphatic heterocycles. The van der Waals surface area contributed by atoms with Gasteiger partial charge in [0.1, 0.15) is 22.8 Å². The van der Waals surface area contributed by atoms with E-state index in [9.17, 15) is 9.59 Å². The van der Waals surface area contributed by atoms with Crippen molar-refractivity contribution in [3.63, 3.8) is 0 Å². The van der Waals surface area contributed by atoms with Crippen LogP contribution in [0.25, 0.3) is 6.08 Å². The third kappa shape index (κ3) is 4.22. The number of carbonyl (C=O) groups is 2. The van der Waals surface area contributed by atoms with E-state index in [1.165, 1.54) is 0 Å². The summed E-state index contributed by atoms with van der Waals surface area (Å²) in [7, 11) is 3.19. The first-order valence-electron chi connectivity index (χ1n) is 10.9. The Hall–Kier alpha value is -3.28. The molecular weight excluding hydrogens is 406 g/mol. The summed E-state index contributed by atoms with van der Waals surface area (Å²) in [4.78, 5) is 27.5. The predicted octanol–water partition coefficient (Wildman–Crippen LogP) is 4.36. The number of ether oxygens (including phenoxy) is 3. The van der Waals surface area contributed by atoms with Gasteiger partial charge in [-0.05, 0) is 49.2 Å². The largest absolute Gasteiger partial charge is 0.497 e. The molecule has 2 aromatic rings. The van der Waals surface area contributed by atoms with Crippen molar-refractivity contribution in [3.8, 4) is 17.2 Å². The molecule has 0 unspecified atom stereocenters. The molecule has 0 aliphatic carbocycles. The van der Waals surface area contributed by atoms with Crippen molar-refractivity contribution in [2.75, 3.05) is 27.3 Å². The van der Waals surface area contributed by atoms with Crippen LogP contribution in [-0.4, -0.2) is 49.5 Å². The van der Waals surface area contributed by atoms with Gasteiger partial charge in [0.05, 0.1) is 26.2 Å². The lowest BCUT2D eigenvalue weighted by Gasteiger charge is -2.44. The van der Waals surface area contributed by atoms with E-state index in [4.69, 9.17) is 14.2 Å². The van der Waals surface area contributed by atoms with Crippen LogP contribution in [0.3, 0.4) is 0 Å². The average molecular weight is 436 g/mol. The van der Waals surface area contributed by atoms with Gasteiger partial charge in [0.15, 0.2) is 5.78 Å². The van der Waals surface area contributed by atoms with Gasteiger partial charge in [-0.2, -0.15) is 0 Å². The number of hydrogen-bond donors (Lipinski definition) is 0. The summed E-state index contributed by atoms with van der Waals surface area (Å²) in [6.07, 6.45) is 4.96. The van der Waals surface area contributed by atoms with Gasteiger partial charge in [-0.1, -0.05) is 6.07 Å². The number of likely N-dealkylation sites (tertiary alicyclic amines) is 1. The van der Waals surface area contributed by atoms with E-state index < -0.39 is 5.60 Å². The SMILES string of the molecule is COc1ccc(/C=C/C(=O)N2CCC3(CC2)CC(=O)c2c(C)cc(C)cc2O3)c(OC)c1. The van der Waals surface area contributed by atoms with Gasteiger partial charge in [0.25, 0.3) is 0 Å². The highest BCUT2D eigenvalue weighted by Crippen LogP contribution is 2.41. The number of carbonyl (C=O) groups excluding carboxylic acids is 2. The molecule has 2 aromatic carbocycles. The lowest BCUT2D eigenvalue weighted by molar-refractivity contribution is -0.129. The van der Waals surface area contributed by atoms with Crippen LogP contribution >= 0.6 is 0 Å². The van der Waals surface area contributed by atoms with Crippen molar-refractivity contribution in [2.24, 2.45) is 0 Å². The molecule has 1 fully saturated rings. The first-order chi connectivity index (χ1) is 15.3. The predicted molar refractivity (Wildman–Crippen MR) is 123 cm³/mol. The number of benzene rings is 2. The minimum absolute atomic E-state index is 0.0630. The third-order valence-electron chi connectivity index (χ3n) is 6.36. The van der Waals surface area contributed by atoms with Crippen molar-refractivity contribution in [1.82, 2.24) is 4.90 Å². The average Bonchev–Trinajstić information content (AvgIpc) is 2.76. The number of aryl methyl sites for hydroxylation is 2. The van der Waals surface area contributed by atoms with E-state index >= 15 is 0 Å². The standard InChI is InChI=1S/C26H29NO5/c1-17-13-18(2)25-21(28)16-26(32-23(25)14-17)9-11-27(12-10-26)24(29)8-6-19-5-7-20(30-3)15-22(19)31-4/h5-8,13-15H,9-12,16H2,1-4H3/b8-6+. The van der Waals surface area contributed by atoms with Gasteiger partial charge in [0, 0.05) is 43.6 Å². The summed E-state index contributed by atoms with van der Waals surface area (Å²) in [5, 5.41) is 0. The first kappa shape index (κ1) is 21.9. The second-order valence-corrected chi connectivity index (χ2v) is 8.61. The lowest BCUT2D eigenvalue weighted by atomic mass is 9.81. The highest BCUT2D eigenvalue weighted by Gasteiger charge is 2.44.